The molecule has 0 aliphatic rings. The van der Waals surface area contributed by atoms with Crippen LogP contribution < -0.4 is 10.2 Å². The normalized spacial score (nSPS) is 12.8. The molecule has 0 bridgehead atoms. The standard InChI is InChI=1S/C16H30N4/c1-7-17-11-15-9-10-16(18-14(15)4)20(8-2)13(3)12-19(5)6/h9-10,13,17H,7-8,11-12H2,1-6H3. The van der Waals surface area contributed by atoms with Gasteiger partial charge in [-0.1, -0.05) is 13.0 Å². The van der Waals surface area contributed by atoms with Crippen molar-refractivity contribution < 1.29 is 0 Å². The molecule has 1 rings (SSSR count). The van der Waals surface area contributed by atoms with Crippen LogP contribution in [0.2, 0.25) is 0 Å². The molecular weight excluding hydrogens is 248 g/mol. The Balaban J connectivity index is 2.85. The quantitative estimate of drug-likeness (QED) is 0.790. The Labute approximate surface area is 124 Å². The van der Waals surface area contributed by atoms with E-state index in [0.717, 1.165) is 37.7 Å². The molecular formula is C16H30N4. The molecule has 0 saturated carbocycles. The van der Waals surface area contributed by atoms with E-state index >= 15 is 0 Å². The third-order valence-corrected chi connectivity index (χ3v) is 3.54. The number of aromatic nitrogens is 1. The van der Waals surface area contributed by atoms with E-state index in [-0.39, 0.29) is 0 Å². The average molecular weight is 278 g/mol. The van der Waals surface area contributed by atoms with Crippen molar-refractivity contribution in [2.24, 2.45) is 0 Å². The highest BCUT2D eigenvalue weighted by Crippen LogP contribution is 2.17. The van der Waals surface area contributed by atoms with Gasteiger partial charge in [0.05, 0.1) is 0 Å². The number of nitrogens with one attached hydrogen (secondary N) is 1. The van der Waals surface area contributed by atoms with Gasteiger partial charge in [0.25, 0.3) is 0 Å². The van der Waals surface area contributed by atoms with Crippen molar-refractivity contribution in [2.45, 2.75) is 40.3 Å². The molecule has 0 fully saturated rings. The molecule has 0 spiro atoms. The Hall–Kier alpha value is -1.13. The summed E-state index contributed by atoms with van der Waals surface area (Å²) in [5.74, 6) is 1.08. The first kappa shape index (κ1) is 16.9. The lowest BCUT2D eigenvalue weighted by Gasteiger charge is -2.31. The van der Waals surface area contributed by atoms with Gasteiger partial charge < -0.3 is 15.1 Å². The summed E-state index contributed by atoms with van der Waals surface area (Å²) in [6.45, 7) is 12.6. The largest absolute Gasteiger partial charge is 0.353 e. The lowest BCUT2D eigenvalue weighted by atomic mass is 10.2. The van der Waals surface area contributed by atoms with Gasteiger partial charge in [-0.15, -0.1) is 0 Å². The molecule has 0 aromatic carbocycles. The van der Waals surface area contributed by atoms with Crippen molar-refractivity contribution in [3.8, 4) is 0 Å². The molecule has 0 saturated heterocycles. The highest BCUT2D eigenvalue weighted by atomic mass is 15.2. The Morgan fingerprint density at radius 3 is 2.45 bits per heavy atom. The molecule has 1 unspecified atom stereocenters. The summed E-state index contributed by atoms with van der Waals surface area (Å²) in [5, 5.41) is 3.36. The second kappa shape index (κ2) is 8.22. The average Bonchev–Trinajstić information content (AvgIpc) is 2.37. The zero-order chi connectivity index (χ0) is 15.1. The lowest BCUT2D eigenvalue weighted by molar-refractivity contribution is 0.372. The van der Waals surface area contributed by atoms with Crippen LogP contribution in [-0.4, -0.2) is 49.7 Å². The third kappa shape index (κ3) is 4.76. The second-order valence-electron chi connectivity index (χ2n) is 5.59. The number of likely N-dealkylation sites (N-methyl/N-ethyl adjacent to an activating group) is 2. The summed E-state index contributed by atoms with van der Waals surface area (Å²) in [6, 6.07) is 4.81. The second-order valence-corrected chi connectivity index (χ2v) is 5.59. The number of aryl methyl sites for hydroxylation is 1. The first-order valence-corrected chi connectivity index (χ1v) is 7.58. The number of anilines is 1. The molecule has 20 heavy (non-hydrogen) atoms. The fourth-order valence-corrected chi connectivity index (χ4v) is 2.51. The highest BCUT2D eigenvalue weighted by molar-refractivity contribution is 5.42. The summed E-state index contributed by atoms with van der Waals surface area (Å²) in [4.78, 5) is 9.38. The molecule has 0 aliphatic carbocycles. The summed E-state index contributed by atoms with van der Waals surface area (Å²) >= 11 is 0. The molecule has 4 nitrogen and oxygen atoms in total. The zero-order valence-corrected chi connectivity index (χ0v) is 13.9. The molecule has 0 radical (unpaired) electrons. The van der Waals surface area contributed by atoms with Crippen LogP contribution in [0.1, 0.15) is 32.0 Å². The summed E-state index contributed by atoms with van der Waals surface area (Å²) < 4.78 is 0. The van der Waals surface area contributed by atoms with Crippen molar-refractivity contribution in [2.75, 3.05) is 38.6 Å². The molecule has 4 heteroatoms. The number of hydrogen-bond donors (Lipinski definition) is 1. The van der Waals surface area contributed by atoms with Gasteiger partial charge in [0, 0.05) is 31.4 Å². The van der Waals surface area contributed by atoms with Gasteiger partial charge in [0.1, 0.15) is 5.82 Å². The Kier molecular flexibility index (Phi) is 6.96. The Morgan fingerprint density at radius 1 is 1.25 bits per heavy atom. The molecule has 1 heterocycles. The van der Waals surface area contributed by atoms with Crippen molar-refractivity contribution in [1.82, 2.24) is 15.2 Å². The van der Waals surface area contributed by atoms with Crippen molar-refractivity contribution in [3.63, 3.8) is 0 Å². The maximum atomic E-state index is 4.79. The molecule has 1 aromatic rings. The van der Waals surface area contributed by atoms with E-state index in [2.05, 4.69) is 69.0 Å². The smallest absolute Gasteiger partial charge is 0.129 e. The molecule has 1 aromatic heterocycles. The van der Waals surface area contributed by atoms with Crippen molar-refractivity contribution in [1.29, 1.82) is 0 Å². The minimum Gasteiger partial charge on any atom is -0.353 e. The minimum atomic E-state index is 0.460. The number of rotatable bonds is 8. The molecule has 0 aliphatic heterocycles. The fraction of sp³-hybridized carbons (Fsp3) is 0.688. The third-order valence-electron chi connectivity index (χ3n) is 3.54. The number of hydrogen-bond acceptors (Lipinski definition) is 4. The van der Waals surface area contributed by atoms with Crippen LogP contribution in [0.25, 0.3) is 0 Å². The van der Waals surface area contributed by atoms with Gasteiger partial charge in [-0.05, 0) is 53.0 Å². The van der Waals surface area contributed by atoms with Crippen molar-refractivity contribution in [3.05, 3.63) is 23.4 Å². The van der Waals surface area contributed by atoms with Gasteiger partial charge in [-0.25, -0.2) is 4.98 Å². The van der Waals surface area contributed by atoms with Gasteiger partial charge in [0.2, 0.25) is 0 Å². The van der Waals surface area contributed by atoms with Crippen LogP contribution in [-0.2, 0) is 6.54 Å². The zero-order valence-electron chi connectivity index (χ0n) is 13.9. The predicted octanol–water partition coefficient (Wildman–Crippen LogP) is 2.28. The molecule has 1 N–H and O–H groups in total. The number of pyridine rings is 1. The minimum absolute atomic E-state index is 0.460. The van der Waals surface area contributed by atoms with Gasteiger partial charge in [-0.3, -0.25) is 0 Å². The number of nitrogens with zero attached hydrogens (tertiary/aromatic N) is 3. The van der Waals surface area contributed by atoms with Crippen molar-refractivity contribution >= 4 is 5.82 Å². The van der Waals surface area contributed by atoms with Gasteiger partial charge >= 0.3 is 0 Å². The van der Waals surface area contributed by atoms with E-state index in [1.54, 1.807) is 0 Å². The van der Waals surface area contributed by atoms with Gasteiger partial charge in [0.15, 0.2) is 0 Å². The van der Waals surface area contributed by atoms with E-state index in [4.69, 9.17) is 4.98 Å². The van der Waals surface area contributed by atoms with Crippen LogP contribution in [0.5, 0.6) is 0 Å². The first-order valence-electron chi connectivity index (χ1n) is 7.58. The molecule has 1 atom stereocenters. The van der Waals surface area contributed by atoms with E-state index < -0.39 is 0 Å². The SMILES string of the molecule is CCNCc1ccc(N(CC)C(C)CN(C)C)nc1C. The molecule has 0 amide bonds. The van der Waals surface area contributed by atoms with Crippen LogP contribution in [0.3, 0.4) is 0 Å². The fourth-order valence-electron chi connectivity index (χ4n) is 2.51. The molecule has 114 valence electrons. The summed E-state index contributed by atoms with van der Waals surface area (Å²) in [6.07, 6.45) is 0. The maximum absolute atomic E-state index is 4.79. The van der Waals surface area contributed by atoms with Crippen LogP contribution in [0, 0.1) is 6.92 Å². The van der Waals surface area contributed by atoms with E-state index in [1.165, 1.54) is 5.56 Å². The first-order chi connectivity index (χ1) is 9.49. The Bertz CT molecular complexity index is 403. The van der Waals surface area contributed by atoms with Crippen LogP contribution in [0.4, 0.5) is 5.82 Å². The van der Waals surface area contributed by atoms with Gasteiger partial charge in [-0.2, -0.15) is 0 Å². The maximum Gasteiger partial charge on any atom is 0.129 e. The van der Waals surface area contributed by atoms with E-state index in [0.29, 0.717) is 6.04 Å². The van der Waals surface area contributed by atoms with E-state index in [9.17, 15) is 0 Å². The lowest BCUT2D eigenvalue weighted by Crippen LogP contribution is -2.40. The summed E-state index contributed by atoms with van der Waals surface area (Å²) in [5.41, 5.74) is 2.41. The monoisotopic (exact) mass is 278 g/mol. The Morgan fingerprint density at radius 2 is 1.95 bits per heavy atom. The summed E-state index contributed by atoms with van der Waals surface area (Å²) in [7, 11) is 4.23. The van der Waals surface area contributed by atoms with E-state index in [1.807, 2.05) is 0 Å². The van der Waals surface area contributed by atoms with Crippen LogP contribution >= 0.6 is 0 Å². The predicted molar refractivity (Wildman–Crippen MR) is 87.4 cm³/mol. The van der Waals surface area contributed by atoms with Crippen LogP contribution in [0.15, 0.2) is 12.1 Å². The topological polar surface area (TPSA) is 31.4 Å². The highest BCUT2D eigenvalue weighted by Gasteiger charge is 2.15.